The van der Waals surface area contributed by atoms with Gasteiger partial charge in [0.2, 0.25) is 0 Å². The number of pyridine rings is 1. The van der Waals surface area contributed by atoms with Gasteiger partial charge in [-0.05, 0) is 31.0 Å². The van der Waals surface area contributed by atoms with E-state index in [9.17, 15) is 9.59 Å². The Morgan fingerprint density at radius 1 is 1.08 bits per heavy atom. The minimum absolute atomic E-state index is 0.0859. The van der Waals surface area contributed by atoms with E-state index in [0.717, 1.165) is 23.4 Å². The third kappa shape index (κ3) is 5.05. The Morgan fingerprint density at radius 3 is 2.67 bits per heavy atom. The number of amides is 2. The first-order valence-corrected chi connectivity index (χ1v) is 12.2. The molecule has 36 heavy (non-hydrogen) atoms. The fraction of sp³-hybridized carbons (Fsp3) is 0.296. The van der Waals surface area contributed by atoms with E-state index in [1.165, 1.54) is 5.56 Å². The van der Waals surface area contributed by atoms with Crippen LogP contribution in [0.1, 0.15) is 50.3 Å². The van der Waals surface area contributed by atoms with Gasteiger partial charge in [0.1, 0.15) is 0 Å². The molecule has 184 valence electrons. The van der Waals surface area contributed by atoms with Gasteiger partial charge in [0.15, 0.2) is 5.69 Å². The summed E-state index contributed by atoms with van der Waals surface area (Å²) in [7, 11) is 0. The average Bonchev–Trinajstić information content (AvgIpc) is 3.56. The second-order valence-corrected chi connectivity index (χ2v) is 8.80. The first-order valence-electron chi connectivity index (χ1n) is 12.2. The van der Waals surface area contributed by atoms with E-state index < -0.39 is 0 Å². The fourth-order valence-electron chi connectivity index (χ4n) is 4.50. The van der Waals surface area contributed by atoms with Gasteiger partial charge < -0.3 is 10.2 Å². The van der Waals surface area contributed by atoms with Crippen molar-refractivity contribution in [2.24, 2.45) is 0 Å². The molecule has 9 nitrogen and oxygen atoms in total. The molecule has 5 rings (SSSR count). The van der Waals surface area contributed by atoms with Crippen LogP contribution in [-0.2, 0) is 39.0 Å². The van der Waals surface area contributed by atoms with Crippen molar-refractivity contribution < 1.29 is 9.59 Å². The van der Waals surface area contributed by atoms with E-state index in [1.807, 2.05) is 48.0 Å². The zero-order valence-corrected chi connectivity index (χ0v) is 20.3. The average molecular weight is 484 g/mol. The minimum Gasteiger partial charge on any atom is -0.345 e. The maximum atomic E-state index is 13.2. The van der Waals surface area contributed by atoms with Crippen LogP contribution >= 0.6 is 0 Å². The summed E-state index contributed by atoms with van der Waals surface area (Å²) in [5.41, 5.74) is 4.73. The Labute approximate surface area is 209 Å². The lowest BCUT2D eigenvalue weighted by Crippen LogP contribution is -2.37. The van der Waals surface area contributed by atoms with E-state index in [4.69, 9.17) is 5.10 Å². The summed E-state index contributed by atoms with van der Waals surface area (Å²) in [6.45, 7) is 4.56. The Bertz CT molecular complexity index is 1350. The molecule has 0 spiro atoms. The van der Waals surface area contributed by atoms with E-state index in [2.05, 4.69) is 27.5 Å². The molecule has 0 saturated carbocycles. The second-order valence-electron chi connectivity index (χ2n) is 8.80. The standard InChI is InChI=1S/C27H29N7O2/c1-2-33-18-21(16-30-33)27(36)32-14-12-24-23(19-32)25(26(35)29-17-22-10-6-7-13-28-22)31-34(24)15-11-20-8-4-3-5-9-20/h3-10,13,16,18H,2,11-12,14-15,17,19H2,1H3,(H,29,35). The molecule has 0 bridgehead atoms. The smallest absolute Gasteiger partial charge is 0.272 e. The first-order chi connectivity index (χ1) is 17.6. The lowest BCUT2D eigenvalue weighted by atomic mass is 10.0. The van der Waals surface area contributed by atoms with Crippen LogP contribution in [0.5, 0.6) is 0 Å². The van der Waals surface area contributed by atoms with Crippen molar-refractivity contribution >= 4 is 11.8 Å². The molecule has 1 N–H and O–H groups in total. The van der Waals surface area contributed by atoms with Gasteiger partial charge in [-0.25, -0.2) is 0 Å². The van der Waals surface area contributed by atoms with Crippen molar-refractivity contribution in [2.45, 2.75) is 45.9 Å². The predicted molar refractivity (Wildman–Crippen MR) is 134 cm³/mol. The Kier molecular flexibility index (Phi) is 6.88. The van der Waals surface area contributed by atoms with Gasteiger partial charge in [-0.15, -0.1) is 0 Å². The second kappa shape index (κ2) is 10.6. The highest BCUT2D eigenvalue weighted by Crippen LogP contribution is 2.25. The summed E-state index contributed by atoms with van der Waals surface area (Å²) in [5.74, 6) is -0.347. The first kappa shape index (κ1) is 23.5. The number of nitrogens with one attached hydrogen (secondary N) is 1. The number of benzene rings is 1. The van der Waals surface area contributed by atoms with E-state index in [1.54, 1.807) is 28.2 Å². The largest absolute Gasteiger partial charge is 0.345 e. The van der Waals surface area contributed by atoms with Crippen LogP contribution in [0.2, 0.25) is 0 Å². The quantitative estimate of drug-likeness (QED) is 0.416. The van der Waals surface area contributed by atoms with Crippen molar-refractivity contribution in [3.05, 3.63) is 101 Å². The molecule has 0 atom stereocenters. The van der Waals surface area contributed by atoms with Crippen LogP contribution < -0.4 is 5.32 Å². The lowest BCUT2D eigenvalue weighted by molar-refractivity contribution is 0.0730. The van der Waals surface area contributed by atoms with Crippen molar-refractivity contribution in [1.29, 1.82) is 0 Å². The molecule has 0 aliphatic carbocycles. The lowest BCUT2D eigenvalue weighted by Gasteiger charge is -2.27. The zero-order valence-electron chi connectivity index (χ0n) is 20.3. The Hall–Kier alpha value is -4.27. The van der Waals surface area contributed by atoms with Gasteiger partial charge in [-0.3, -0.25) is 23.9 Å². The number of hydrogen-bond acceptors (Lipinski definition) is 5. The maximum absolute atomic E-state index is 13.2. The zero-order chi connectivity index (χ0) is 24.9. The number of nitrogens with zero attached hydrogens (tertiary/aromatic N) is 6. The van der Waals surface area contributed by atoms with Crippen molar-refractivity contribution in [3.63, 3.8) is 0 Å². The maximum Gasteiger partial charge on any atom is 0.272 e. The SMILES string of the molecule is CCn1cc(C(=O)N2CCc3c(c(C(=O)NCc4ccccn4)nn3CCc3ccccc3)C2)cn1. The highest BCUT2D eigenvalue weighted by atomic mass is 16.2. The summed E-state index contributed by atoms with van der Waals surface area (Å²) >= 11 is 0. The number of hydrogen-bond donors (Lipinski definition) is 1. The van der Waals surface area contributed by atoms with Crippen LogP contribution in [0.3, 0.4) is 0 Å². The van der Waals surface area contributed by atoms with Gasteiger partial charge in [0, 0.05) is 49.7 Å². The number of fused-ring (bicyclic) bond motifs is 1. The molecule has 4 aromatic rings. The molecule has 1 aromatic carbocycles. The molecule has 9 heteroatoms. The van der Waals surface area contributed by atoms with Crippen molar-refractivity contribution in [3.8, 4) is 0 Å². The van der Waals surface area contributed by atoms with Crippen LogP contribution in [-0.4, -0.2) is 47.8 Å². The monoisotopic (exact) mass is 483 g/mol. The summed E-state index contributed by atoms with van der Waals surface area (Å²) in [6, 6.07) is 15.8. The number of carbonyl (C=O) groups excluding carboxylic acids is 2. The van der Waals surface area contributed by atoms with Gasteiger partial charge in [-0.1, -0.05) is 36.4 Å². The minimum atomic E-state index is -0.261. The van der Waals surface area contributed by atoms with E-state index >= 15 is 0 Å². The van der Waals surface area contributed by atoms with Gasteiger partial charge in [0.05, 0.1) is 30.5 Å². The van der Waals surface area contributed by atoms with Gasteiger partial charge in [-0.2, -0.15) is 10.2 Å². The Morgan fingerprint density at radius 2 is 1.92 bits per heavy atom. The van der Waals surface area contributed by atoms with Crippen LogP contribution in [0.4, 0.5) is 0 Å². The normalized spacial score (nSPS) is 12.9. The topological polar surface area (TPSA) is 97.9 Å². The van der Waals surface area contributed by atoms with Crippen LogP contribution in [0.25, 0.3) is 0 Å². The molecule has 0 saturated heterocycles. The molecule has 2 amide bonds. The van der Waals surface area contributed by atoms with Crippen molar-refractivity contribution in [2.75, 3.05) is 6.54 Å². The third-order valence-corrected chi connectivity index (χ3v) is 6.45. The third-order valence-electron chi connectivity index (χ3n) is 6.45. The highest BCUT2D eigenvalue weighted by molar-refractivity contribution is 5.96. The van der Waals surface area contributed by atoms with E-state index in [-0.39, 0.29) is 11.8 Å². The van der Waals surface area contributed by atoms with Crippen LogP contribution in [0, 0.1) is 0 Å². The number of aromatic nitrogens is 5. The molecule has 0 radical (unpaired) electrons. The Balaban J connectivity index is 1.39. The molecule has 0 unspecified atom stereocenters. The summed E-state index contributed by atoms with van der Waals surface area (Å²) in [6.07, 6.45) is 6.51. The number of aryl methyl sites for hydroxylation is 3. The van der Waals surface area contributed by atoms with Gasteiger partial charge >= 0.3 is 0 Å². The molecule has 4 heterocycles. The van der Waals surface area contributed by atoms with Gasteiger partial charge in [0.25, 0.3) is 11.8 Å². The summed E-state index contributed by atoms with van der Waals surface area (Å²) < 4.78 is 3.68. The summed E-state index contributed by atoms with van der Waals surface area (Å²) in [5, 5.41) is 11.9. The van der Waals surface area contributed by atoms with Crippen molar-refractivity contribution in [1.82, 2.24) is 34.8 Å². The molecule has 0 fully saturated rings. The predicted octanol–water partition coefficient (Wildman–Crippen LogP) is 2.87. The molecular weight excluding hydrogens is 454 g/mol. The molecule has 1 aliphatic rings. The fourth-order valence-corrected chi connectivity index (χ4v) is 4.50. The number of rotatable bonds is 8. The molecular formula is C27H29N7O2. The molecule has 1 aliphatic heterocycles. The van der Waals surface area contributed by atoms with Crippen LogP contribution in [0.15, 0.2) is 67.1 Å². The number of carbonyl (C=O) groups is 2. The highest BCUT2D eigenvalue weighted by Gasteiger charge is 2.31. The summed E-state index contributed by atoms with van der Waals surface area (Å²) in [4.78, 5) is 32.5. The van der Waals surface area contributed by atoms with E-state index in [0.29, 0.717) is 50.4 Å². The molecule has 3 aromatic heterocycles.